The van der Waals surface area contributed by atoms with Gasteiger partial charge < -0.3 is 5.73 Å². The summed E-state index contributed by atoms with van der Waals surface area (Å²) in [4.78, 5) is 0. The lowest BCUT2D eigenvalue weighted by atomic mass is 9.99. The molecule has 2 atom stereocenters. The Balaban J connectivity index is 1.85. The number of thiophene rings is 1. The molecule has 106 valence electrons. The summed E-state index contributed by atoms with van der Waals surface area (Å²) in [6.07, 6.45) is 2.34. The van der Waals surface area contributed by atoms with E-state index in [0.29, 0.717) is 29.3 Å². The Hall–Kier alpha value is 0.150. The summed E-state index contributed by atoms with van der Waals surface area (Å²) in [6, 6.07) is 1.35. The SMILES string of the molecule is N[C@@H]1CN(S(=O)(=O)c2cc(Cl)c(Cl)s2)C[C@H]1C1CC1. The minimum Gasteiger partial charge on any atom is -0.326 e. The van der Waals surface area contributed by atoms with Gasteiger partial charge in [0.2, 0.25) is 0 Å². The van der Waals surface area contributed by atoms with E-state index in [0.717, 1.165) is 11.3 Å². The molecular weight excluding hydrogens is 327 g/mol. The highest BCUT2D eigenvalue weighted by molar-refractivity contribution is 7.91. The molecule has 0 radical (unpaired) electrons. The number of halogens is 2. The van der Waals surface area contributed by atoms with Crippen molar-refractivity contribution in [3.05, 3.63) is 15.4 Å². The van der Waals surface area contributed by atoms with E-state index < -0.39 is 10.0 Å². The third-order valence-corrected chi connectivity index (χ3v) is 7.97. The summed E-state index contributed by atoms with van der Waals surface area (Å²) in [5.41, 5.74) is 6.07. The third kappa shape index (κ3) is 2.54. The van der Waals surface area contributed by atoms with E-state index in [1.807, 2.05) is 0 Å². The van der Waals surface area contributed by atoms with Crippen LogP contribution in [0.25, 0.3) is 0 Å². The zero-order valence-corrected chi connectivity index (χ0v) is 13.2. The molecule has 2 fully saturated rings. The molecule has 2 N–H and O–H groups in total. The van der Waals surface area contributed by atoms with Crippen LogP contribution in [-0.4, -0.2) is 31.9 Å². The van der Waals surface area contributed by atoms with Gasteiger partial charge in [0.05, 0.1) is 5.02 Å². The van der Waals surface area contributed by atoms with Gasteiger partial charge in [0.1, 0.15) is 8.55 Å². The van der Waals surface area contributed by atoms with Gasteiger partial charge in [-0.25, -0.2) is 8.42 Å². The first kappa shape index (κ1) is 14.1. The first-order valence-corrected chi connectivity index (χ1v) is 9.11. The summed E-state index contributed by atoms with van der Waals surface area (Å²) < 4.78 is 27.0. The van der Waals surface area contributed by atoms with Gasteiger partial charge in [-0.1, -0.05) is 23.2 Å². The molecule has 1 aromatic rings. The Labute approximate surface area is 126 Å². The zero-order chi connectivity index (χ0) is 13.8. The van der Waals surface area contributed by atoms with Crippen LogP contribution in [0.15, 0.2) is 10.3 Å². The summed E-state index contributed by atoms with van der Waals surface area (Å²) in [5, 5.41) is 0.285. The molecule has 3 rings (SSSR count). The van der Waals surface area contributed by atoms with E-state index in [2.05, 4.69) is 0 Å². The Bertz CT molecular complexity index is 578. The Kier molecular flexibility index (Phi) is 3.61. The second kappa shape index (κ2) is 4.86. The first-order valence-electron chi connectivity index (χ1n) is 6.10. The fourth-order valence-corrected chi connectivity index (χ4v) is 6.17. The number of rotatable bonds is 3. The second-order valence-corrected chi connectivity index (χ2v) is 9.40. The molecule has 1 saturated carbocycles. The molecule has 0 amide bonds. The van der Waals surface area contributed by atoms with Crippen molar-refractivity contribution < 1.29 is 8.42 Å². The number of hydrogen-bond acceptors (Lipinski definition) is 4. The van der Waals surface area contributed by atoms with Crippen LogP contribution >= 0.6 is 34.5 Å². The maximum absolute atomic E-state index is 12.5. The summed E-state index contributed by atoms with van der Waals surface area (Å²) >= 11 is 12.7. The van der Waals surface area contributed by atoms with E-state index >= 15 is 0 Å². The average molecular weight is 341 g/mol. The minimum atomic E-state index is -3.51. The molecule has 1 aromatic heterocycles. The highest BCUT2D eigenvalue weighted by Crippen LogP contribution is 2.43. The largest absolute Gasteiger partial charge is 0.326 e. The molecule has 4 nitrogen and oxygen atoms in total. The molecular formula is C11H14Cl2N2O2S2. The van der Waals surface area contributed by atoms with Crippen LogP contribution in [0.1, 0.15) is 12.8 Å². The smallest absolute Gasteiger partial charge is 0.252 e. The molecule has 8 heteroatoms. The molecule has 19 heavy (non-hydrogen) atoms. The van der Waals surface area contributed by atoms with Gasteiger partial charge in [-0.15, -0.1) is 11.3 Å². The lowest BCUT2D eigenvalue weighted by Crippen LogP contribution is -2.32. The van der Waals surface area contributed by atoms with Crippen molar-refractivity contribution in [2.45, 2.75) is 23.1 Å². The predicted octanol–water partition coefficient (Wildman–Crippen LogP) is 2.41. The molecule has 1 saturated heterocycles. The van der Waals surface area contributed by atoms with Crippen molar-refractivity contribution in [2.24, 2.45) is 17.6 Å². The Morgan fingerprint density at radius 2 is 2.00 bits per heavy atom. The normalized spacial score (nSPS) is 29.0. The van der Waals surface area contributed by atoms with Gasteiger partial charge in [-0.2, -0.15) is 4.31 Å². The van der Waals surface area contributed by atoms with E-state index in [1.54, 1.807) is 0 Å². The Morgan fingerprint density at radius 1 is 1.32 bits per heavy atom. The van der Waals surface area contributed by atoms with Gasteiger partial charge in [0.15, 0.2) is 0 Å². The standard InChI is InChI=1S/C11H14Cl2N2O2S2/c12-8-3-10(18-11(8)13)19(16,17)15-4-7(6-1-2-6)9(14)5-15/h3,6-7,9H,1-2,4-5,14H2/t7-,9+/m0/s1. The predicted molar refractivity (Wildman–Crippen MR) is 77.3 cm³/mol. The minimum absolute atomic E-state index is 0.0619. The quantitative estimate of drug-likeness (QED) is 0.918. The molecule has 0 unspecified atom stereocenters. The highest BCUT2D eigenvalue weighted by atomic mass is 35.5. The maximum atomic E-state index is 12.5. The van der Waals surface area contributed by atoms with Crippen LogP contribution in [-0.2, 0) is 10.0 Å². The van der Waals surface area contributed by atoms with Crippen molar-refractivity contribution >= 4 is 44.6 Å². The number of sulfonamides is 1. The Morgan fingerprint density at radius 3 is 2.53 bits per heavy atom. The molecule has 0 bridgehead atoms. The van der Waals surface area contributed by atoms with Crippen LogP contribution in [0.5, 0.6) is 0 Å². The summed E-state index contributed by atoms with van der Waals surface area (Å²) in [5.74, 6) is 0.895. The lowest BCUT2D eigenvalue weighted by Gasteiger charge is -2.14. The number of nitrogens with two attached hydrogens (primary N) is 1. The van der Waals surface area contributed by atoms with E-state index in [4.69, 9.17) is 28.9 Å². The van der Waals surface area contributed by atoms with Gasteiger partial charge >= 0.3 is 0 Å². The molecule has 2 heterocycles. The number of hydrogen-bond donors (Lipinski definition) is 1. The van der Waals surface area contributed by atoms with Crippen molar-refractivity contribution in [2.75, 3.05) is 13.1 Å². The van der Waals surface area contributed by atoms with Crippen LogP contribution in [0.4, 0.5) is 0 Å². The van der Waals surface area contributed by atoms with Crippen molar-refractivity contribution in [3.8, 4) is 0 Å². The molecule has 2 aliphatic rings. The van der Waals surface area contributed by atoms with Crippen LogP contribution in [0.2, 0.25) is 9.36 Å². The van der Waals surface area contributed by atoms with Crippen molar-refractivity contribution in [1.29, 1.82) is 0 Å². The molecule has 1 aliphatic heterocycles. The monoisotopic (exact) mass is 340 g/mol. The highest BCUT2D eigenvalue weighted by Gasteiger charge is 2.44. The van der Waals surface area contributed by atoms with Gasteiger partial charge in [-0.05, 0) is 30.7 Å². The average Bonchev–Trinajstić information content (AvgIpc) is 3.02. The van der Waals surface area contributed by atoms with E-state index in [1.165, 1.54) is 23.2 Å². The molecule has 1 aliphatic carbocycles. The van der Waals surface area contributed by atoms with Crippen LogP contribution in [0, 0.1) is 11.8 Å². The van der Waals surface area contributed by atoms with Gasteiger partial charge in [0, 0.05) is 19.1 Å². The van der Waals surface area contributed by atoms with Gasteiger partial charge in [-0.3, -0.25) is 0 Å². The summed E-state index contributed by atoms with van der Waals surface area (Å²) in [7, 11) is -3.51. The summed E-state index contributed by atoms with van der Waals surface area (Å²) in [6.45, 7) is 0.901. The van der Waals surface area contributed by atoms with Crippen molar-refractivity contribution in [3.63, 3.8) is 0 Å². The van der Waals surface area contributed by atoms with Crippen LogP contribution in [0.3, 0.4) is 0 Å². The van der Waals surface area contributed by atoms with E-state index in [-0.39, 0.29) is 15.3 Å². The fraction of sp³-hybridized carbons (Fsp3) is 0.636. The second-order valence-electron chi connectivity index (χ2n) is 5.17. The lowest BCUT2D eigenvalue weighted by molar-refractivity contribution is 0.428. The van der Waals surface area contributed by atoms with Crippen molar-refractivity contribution in [1.82, 2.24) is 4.31 Å². The first-order chi connectivity index (χ1) is 8.89. The molecule has 0 spiro atoms. The van der Waals surface area contributed by atoms with Crippen LogP contribution < -0.4 is 5.73 Å². The molecule has 0 aromatic carbocycles. The fourth-order valence-electron chi connectivity index (χ4n) is 2.62. The maximum Gasteiger partial charge on any atom is 0.252 e. The zero-order valence-electron chi connectivity index (χ0n) is 10.1. The van der Waals surface area contributed by atoms with Gasteiger partial charge in [0.25, 0.3) is 10.0 Å². The topological polar surface area (TPSA) is 63.4 Å². The van der Waals surface area contributed by atoms with E-state index in [9.17, 15) is 8.42 Å². The third-order valence-electron chi connectivity index (χ3n) is 3.82. The number of nitrogens with zero attached hydrogens (tertiary/aromatic N) is 1.